The Hall–Kier alpha value is -2.22. The normalized spacial score (nSPS) is 13.0. The quantitative estimate of drug-likeness (QED) is 0.466. The topological polar surface area (TPSA) is 79.9 Å². The molecule has 0 aromatic carbocycles. The van der Waals surface area contributed by atoms with Crippen LogP contribution in [-0.2, 0) is 0 Å². The monoisotopic (exact) mass is 388 g/mol. The minimum atomic E-state index is -3.52. The number of aliphatic hydroxyl groups excluding tert-OH is 2. The first-order valence-corrected chi connectivity index (χ1v) is 11.9. The van der Waals surface area contributed by atoms with Crippen LogP contribution in [0.25, 0.3) is 0 Å². The van der Waals surface area contributed by atoms with Gasteiger partial charge >= 0.3 is 142 Å². The van der Waals surface area contributed by atoms with E-state index in [4.69, 9.17) is 18.4 Å². The second kappa shape index (κ2) is 7.57. The van der Waals surface area contributed by atoms with E-state index in [2.05, 4.69) is 0 Å². The zero-order valence-electron chi connectivity index (χ0n) is 13.0. The third kappa shape index (κ3) is 3.06. The Morgan fingerprint density at radius 2 is 1.38 bits per heavy atom. The van der Waals surface area contributed by atoms with Crippen molar-refractivity contribution in [2.24, 2.45) is 0 Å². The molecule has 6 heteroatoms. The summed E-state index contributed by atoms with van der Waals surface area (Å²) in [5, 5.41) is 18.8. The predicted molar refractivity (Wildman–Crippen MR) is 92.2 cm³/mol. The van der Waals surface area contributed by atoms with E-state index in [1.54, 1.807) is 30.9 Å². The van der Waals surface area contributed by atoms with E-state index in [9.17, 15) is 5.11 Å². The van der Waals surface area contributed by atoms with E-state index in [0.29, 0.717) is 5.57 Å². The zero-order chi connectivity index (χ0) is 16.8. The van der Waals surface area contributed by atoms with Crippen LogP contribution in [0.3, 0.4) is 0 Å². The van der Waals surface area contributed by atoms with Gasteiger partial charge in [0.1, 0.15) is 0 Å². The molecule has 5 nitrogen and oxygen atoms in total. The molecule has 0 spiro atoms. The molecule has 0 unspecified atom stereocenters. The maximum absolute atomic E-state index is 9.75. The molecule has 3 aromatic heterocycles. The summed E-state index contributed by atoms with van der Waals surface area (Å²) in [4.78, 5) is 2.00. The van der Waals surface area contributed by atoms with Gasteiger partial charge in [0.05, 0.1) is 0 Å². The van der Waals surface area contributed by atoms with Crippen LogP contribution >= 0.6 is 0 Å². The fraction of sp³-hybridized carbons (Fsp3) is 0.111. The predicted octanol–water partition coefficient (Wildman–Crippen LogP) is 0.942. The average Bonchev–Trinajstić information content (AvgIpc) is 3.38. The fourth-order valence-corrected chi connectivity index (χ4v) is 10.6. The third-order valence-electron chi connectivity index (χ3n) is 3.75. The summed E-state index contributed by atoms with van der Waals surface area (Å²) in [6.45, 7) is -0.259. The summed E-state index contributed by atoms with van der Waals surface area (Å²) in [6.07, 6.45) is 8.15. The standard InChI is InChI=1S/C18H18GeO5/c20-9-1-5-15(14-21)13-19(16-6-2-10-22-16,17-7-3-11-23-17)18-8-4-12-24-18/h1-8,10-13,20-21H,9,14H2/b5-1-,15-13+. The van der Waals surface area contributed by atoms with Gasteiger partial charge in [0, 0.05) is 0 Å². The summed E-state index contributed by atoms with van der Waals surface area (Å²) in [5.41, 5.74) is 0.674. The van der Waals surface area contributed by atoms with E-state index < -0.39 is 13.3 Å². The molecule has 0 bridgehead atoms. The Morgan fingerprint density at radius 1 is 0.875 bits per heavy atom. The van der Waals surface area contributed by atoms with E-state index >= 15 is 0 Å². The summed E-state index contributed by atoms with van der Waals surface area (Å²) in [7, 11) is 0. The summed E-state index contributed by atoms with van der Waals surface area (Å²) >= 11 is -3.52. The van der Waals surface area contributed by atoms with E-state index in [0.717, 1.165) is 13.8 Å². The third-order valence-corrected chi connectivity index (χ3v) is 12.1. The van der Waals surface area contributed by atoms with E-state index in [1.807, 2.05) is 41.3 Å². The molecule has 0 radical (unpaired) electrons. The first-order chi connectivity index (χ1) is 11.8. The van der Waals surface area contributed by atoms with Gasteiger partial charge in [-0.25, -0.2) is 0 Å². The van der Waals surface area contributed by atoms with Crippen molar-refractivity contribution >= 4 is 27.0 Å². The number of rotatable bonds is 7. The molecule has 0 aliphatic carbocycles. The maximum atomic E-state index is 9.75. The average molecular weight is 387 g/mol. The Kier molecular flexibility index (Phi) is 5.25. The van der Waals surface area contributed by atoms with E-state index in [-0.39, 0.29) is 13.2 Å². The SMILES string of the molecule is OC/C=C\C(=[CH]/[Ge]([c]1ccco1)([c]1ccco1)[c]1ccco1)CO. The molecule has 0 saturated carbocycles. The number of furan rings is 3. The van der Waals surface area contributed by atoms with Gasteiger partial charge in [-0.2, -0.15) is 0 Å². The molecular weight excluding hydrogens is 369 g/mol. The van der Waals surface area contributed by atoms with Gasteiger partial charge in [-0.1, -0.05) is 0 Å². The Balaban J connectivity index is 2.27. The van der Waals surface area contributed by atoms with Crippen LogP contribution in [-0.4, -0.2) is 36.7 Å². The summed E-state index contributed by atoms with van der Waals surface area (Å²) in [5.74, 6) is 0. The molecule has 0 aliphatic heterocycles. The van der Waals surface area contributed by atoms with Gasteiger partial charge in [0.15, 0.2) is 0 Å². The van der Waals surface area contributed by atoms with Crippen LogP contribution in [0.4, 0.5) is 0 Å². The zero-order valence-corrected chi connectivity index (χ0v) is 15.1. The van der Waals surface area contributed by atoms with Crippen molar-refractivity contribution in [3.63, 3.8) is 0 Å². The first-order valence-electron chi connectivity index (χ1n) is 7.53. The molecule has 0 fully saturated rings. The van der Waals surface area contributed by atoms with Crippen LogP contribution in [0.15, 0.2) is 91.1 Å². The van der Waals surface area contributed by atoms with Crippen LogP contribution < -0.4 is 13.8 Å². The molecule has 124 valence electrons. The fourth-order valence-electron chi connectivity index (χ4n) is 2.72. The molecule has 0 saturated heterocycles. The van der Waals surface area contributed by atoms with Crippen molar-refractivity contribution in [3.05, 3.63) is 77.8 Å². The molecule has 3 aromatic rings. The van der Waals surface area contributed by atoms with Gasteiger partial charge < -0.3 is 0 Å². The molecular formula is C18H18GeO5. The van der Waals surface area contributed by atoms with Gasteiger partial charge in [-0.3, -0.25) is 0 Å². The van der Waals surface area contributed by atoms with Crippen molar-refractivity contribution in [3.8, 4) is 0 Å². The number of hydrogen-bond donors (Lipinski definition) is 2. The molecule has 2 N–H and O–H groups in total. The van der Waals surface area contributed by atoms with E-state index in [1.165, 1.54) is 0 Å². The van der Waals surface area contributed by atoms with Crippen molar-refractivity contribution in [2.75, 3.05) is 13.2 Å². The van der Waals surface area contributed by atoms with Gasteiger partial charge in [0.2, 0.25) is 0 Å². The van der Waals surface area contributed by atoms with Crippen molar-refractivity contribution in [1.82, 2.24) is 0 Å². The molecule has 0 atom stereocenters. The number of hydrogen-bond acceptors (Lipinski definition) is 5. The second-order valence-electron chi connectivity index (χ2n) is 5.20. The summed E-state index contributed by atoms with van der Waals surface area (Å²) < 4.78 is 19.6. The molecule has 3 rings (SSSR count). The molecule has 0 amide bonds. The van der Waals surface area contributed by atoms with Gasteiger partial charge in [-0.05, 0) is 0 Å². The van der Waals surface area contributed by atoms with Crippen molar-refractivity contribution < 1.29 is 23.5 Å². The Morgan fingerprint density at radius 3 is 1.71 bits per heavy atom. The first kappa shape index (κ1) is 16.6. The van der Waals surface area contributed by atoms with Crippen LogP contribution in [0.2, 0.25) is 0 Å². The second-order valence-corrected chi connectivity index (χ2v) is 12.3. The van der Waals surface area contributed by atoms with Crippen LogP contribution in [0.5, 0.6) is 0 Å². The summed E-state index contributed by atoms with van der Waals surface area (Å²) in [6, 6.07) is 11.2. The van der Waals surface area contributed by atoms with Crippen LogP contribution in [0.1, 0.15) is 0 Å². The minimum absolute atomic E-state index is 0.0976. The molecule has 0 aliphatic rings. The molecule has 24 heavy (non-hydrogen) atoms. The van der Waals surface area contributed by atoms with Gasteiger partial charge in [-0.15, -0.1) is 0 Å². The Bertz CT molecular complexity index is 699. The Labute approximate surface area is 141 Å². The van der Waals surface area contributed by atoms with Gasteiger partial charge in [0.25, 0.3) is 0 Å². The van der Waals surface area contributed by atoms with Crippen molar-refractivity contribution in [1.29, 1.82) is 0 Å². The molecule has 3 heterocycles. The van der Waals surface area contributed by atoms with Crippen molar-refractivity contribution in [2.45, 2.75) is 0 Å². The number of aliphatic hydroxyl groups is 2. The van der Waals surface area contributed by atoms with Crippen LogP contribution in [0, 0.1) is 0 Å².